The Kier molecular flexibility index (Phi) is 16.6. The maximum Gasteiger partial charge on any atom is 0.303 e. The predicted octanol–water partition coefficient (Wildman–Crippen LogP) is 7.36. The van der Waals surface area contributed by atoms with Crippen molar-refractivity contribution in [1.82, 2.24) is 0 Å². The van der Waals surface area contributed by atoms with Crippen LogP contribution in [0.3, 0.4) is 0 Å². The van der Waals surface area contributed by atoms with E-state index in [4.69, 9.17) is 0 Å². The predicted molar refractivity (Wildman–Crippen MR) is 119 cm³/mol. The summed E-state index contributed by atoms with van der Waals surface area (Å²) in [7, 11) is -0.521. The minimum atomic E-state index is -0.521. The molecule has 0 aliphatic rings. The Balaban J connectivity index is 4.58. The molecule has 0 rings (SSSR count). The highest BCUT2D eigenvalue weighted by Gasteiger charge is 2.37. The largest absolute Gasteiger partial charge is 0.481 e. The van der Waals surface area contributed by atoms with E-state index in [1.165, 1.54) is 83.1 Å². The van der Waals surface area contributed by atoms with E-state index in [1.54, 1.807) is 0 Å². The van der Waals surface area contributed by atoms with Gasteiger partial charge in [0, 0.05) is 15.1 Å². The molecular formula is C23H48O2Si. The second kappa shape index (κ2) is 16.8. The maximum atomic E-state index is 12.0. The van der Waals surface area contributed by atoms with Crippen LogP contribution in [-0.4, -0.2) is 20.6 Å². The standard InChI is InChI=1S/C23H48O2Si/c1-5-8-10-12-14-16-18-23(4,19-17-15-13-11-9-6-2)21(22(24)25)26-20-7-3/h21H,5-20,26H2,1-4H3,(H,24,25). The first-order valence-corrected chi connectivity index (χ1v) is 13.6. The van der Waals surface area contributed by atoms with E-state index in [-0.39, 0.29) is 11.0 Å². The van der Waals surface area contributed by atoms with E-state index in [0.29, 0.717) is 0 Å². The molecule has 1 N–H and O–H groups in total. The Hall–Kier alpha value is -0.313. The molecule has 156 valence electrons. The number of rotatable bonds is 19. The monoisotopic (exact) mass is 384 g/mol. The van der Waals surface area contributed by atoms with Gasteiger partial charge in [-0.25, -0.2) is 0 Å². The van der Waals surface area contributed by atoms with Crippen LogP contribution in [0.1, 0.15) is 124 Å². The van der Waals surface area contributed by atoms with Crippen molar-refractivity contribution in [2.75, 3.05) is 0 Å². The van der Waals surface area contributed by atoms with Gasteiger partial charge in [-0.2, -0.15) is 0 Å². The lowest BCUT2D eigenvalue weighted by Crippen LogP contribution is -2.33. The second-order valence-corrected chi connectivity index (χ2v) is 10.8. The molecule has 2 nitrogen and oxygen atoms in total. The molecular weight excluding hydrogens is 336 g/mol. The normalized spacial score (nSPS) is 13.5. The van der Waals surface area contributed by atoms with E-state index >= 15 is 0 Å². The maximum absolute atomic E-state index is 12.0. The summed E-state index contributed by atoms with van der Waals surface area (Å²) in [5.74, 6) is -0.496. The molecule has 0 aromatic heterocycles. The highest BCUT2D eigenvalue weighted by Crippen LogP contribution is 2.43. The van der Waals surface area contributed by atoms with Gasteiger partial charge in [0.15, 0.2) is 0 Å². The number of carboxylic acids is 1. The van der Waals surface area contributed by atoms with E-state index in [0.717, 1.165) is 19.3 Å². The SMILES string of the molecule is CCCCCCCCC(C)(CCCCCCCC)C([SiH2]CCC)C(=O)O. The molecule has 0 spiro atoms. The Morgan fingerprint density at radius 2 is 1.19 bits per heavy atom. The number of hydrogen-bond acceptors (Lipinski definition) is 1. The molecule has 1 unspecified atom stereocenters. The molecule has 0 amide bonds. The molecule has 0 aliphatic carbocycles. The van der Waals surface area contributed by atoms with Crippen molar-refractivity contribution in [1.29, 1.82) is 0 Å². The van der Waals surface area contributed by atoms with Crippen LogP contribution in [0, 0.1) is 5.41 Å². The first-order chi connectivity index (χ1) is 12.5. The lowest BCUT2D eigenvalue weighted by atomic mass is 9.76. The number of hydrogen-bond donors (Lipinski definition) is 1. The van der Waals surface area contributed by atoms with Crippen molar-refractivity contribution < 1.29 is 9.90 Å². The van der Waals surface area contributed by atoms with E-state index < -0.39 is 15.5 Å². The molecule has 0 saturated carbocycles. The summed E-state index contributed by atoms with van der Waals surface area (Å²) in [4.78, 5) is 12.0. The van der Waals surface area contributed by atoms with Gasteiger partial charge in [-0.1, -0.05) is 117 Å². The average Bonchev–Trinajstić information content (AvgIpc) is 2.61. The summed E-state index contributed by atoms with van der Waals surface area (Å²) in [5, 5.41) is 9.92. The summed E-state index contributed by atoms with van der Waals surface area (Å²) < 4.78 is 0. The Bertz CT molecular complexity index is 314. The molecule has 0 aliphatic heterocycles. The van der Waals surface area contributed by atoms with Gasteiger partial charge < -0.3 is 5.11 Å². The van der Waals surface area contributed by atoms with Crippen molar-refractivity contribution in [3.8, 4) is 0 Å². The third-order valence-corrected chi connectivity index (χ3v) is 9.22. The quantitative estimate of drug-likeness (QED) is 0.186. The van der Waals surface area contributed by atoms with Gasteiger partial charge in [-0.05, 0) is 18.3 Å². The van der Waals surface area contributed by atoms with Crippen LogP contribution in [0.2, 0.25) is 11.6 Å². The molecule has 0 aromatic rings. The van der Waals surface area contributed by atoms with Crippen LogP contribution in [0.4, 0.5) is 0 Å². The third kappa shape index (κ3) is 12.1. The zero-order valence-electron chi connectivity index (χ0n) is 18.5. The number of unbranched alkanes of at least 4 members (excludes halogenated alkanes) is 10. The van der Waals surface area contributed by atoms with E-state index in [9.17, 15) is 9.90 Å². The third-order valence-electron chi connectivity index (χ3n) is 6.19. The van der Waals surface area contributed by atoms with Crippen LogP contribution in [0.5, 0.6) is 0 Å². The van der Waals surface area contributed by atoms with E-state index in [1.807, 2.05) is 0 Å². The van der Waals surface area contributed by atoms with Crippen molar-refractivity contribution in [2.45, 2.75) is 136 Å². The van der Waals surface area contributed by atoms with Crippen molar-refractivity contribution in [3.05, 3.63) is 0 Å². The summed E-state index contributed by atoms with van der Waals surface area (Å²) >= 11 is 0. The summed E-state index contributed by atoms with van der Waals surface area (Å²) in [5.41, 5.74) is 0.0247. The fourth-order valence-electron chi connectivity index (χ4n) is 4.27. The minimum Gasteiger partial charge on any atom is -0.481 e. The van der Waals surface area contributed by atoms with E-state index in [2.05, 4.69) is 27.7 Å². The second-order valence-electron chi connectivity index (χ2n) is 8.72. The molecule has 0 bridgehead atoms. The Labute approximate surface area is 166 Å². The lowest BCUT2D eigenvalue weighted by molar-refractivity contribution is -0.139. The zero-order valence-corrected chi connectivity index (χ0v) is 19.9. The highest BCUT2D eigenvalue weighted by atomic mass is 28.2. The van der Waals surface area contributed by atoms with Crippen LogP contribution < -0.4 is 0 Å². The van der Waals surface area contributed by atoms with Crippen LogP contribution in [-0.2, 0) is 4.79 Å². The minimum absolute atomic E-state index is 0.0197. The summed E-state index contributed by atoms with van der Waals surface area (Å²) in [6.45, 7) is 9.03. The van der Waals surface area contributed by atoms with Gasteiger partial charge in [0.25, 0.3) is 0 Å². The van der Waals surface area contributed by atoms with Crippen molar-refractivity contribution >= 4 is 15.5 Å². The zero-order chi connectivity index (χ0) is 19.7. The number of carboxylic acid groups (broad SMARTS) is 1. The molecule has 0 saturated heterocycles. The molecule has 0 heterocycles. The Morgan fingerprint density at radius 1 is 0.769 bits per heavy atom. The fraction of sp³-hybridized carbons (Fsp3) is 0.957. The number of carbonyl (C=O) groups is 1. The lowest BCUT2D eigenvalue weighted by Gasteiger charge is -2.36. The number of aliphatic carboxylic acids is 1. The molecule has 0 radical (unpaired) electrons. The molecule has 0 aromatic carbocycles. The van der Waals surface area contributed by atoms with Gasteiger partial charge in [0.2, 0.25) is 0 Å². The average molecular weight is 385 g/mol. The van der Waals surface area contributed by atoms with Gasteiger partial charge in [0.05, 0.1) is 0 Å². The summed E-state index contributed by atoms with van der Waals surface area (Å²) in [6.07, 6.45) is 19.0. The molecule has 0 fully saturated rings. The highest BCUT2D eigenvalue weighted by molar-refractivity contribution is 6.43. The van der Waals surface area contributed by atoms with Crippen LogP contribution in [0.25, 0.3) is 0 Å². The topological polar surface area (TPSA) is 37.3 Å². The van der Waals surface area contributed by atoms with Crippen molar-refractivity contribution in [2.24, 2.45) is 5.41 Å². The van der Waals surface area contributed by atoms with Crippen molar-refractivity contribution in [3.63, 3.8) is 0 Å². The van der Waals surface area contributed by atoms with Gasteiger partial charge in [-0.3, -0.25) is 4.79 Å². The molecule has 3 heteroatoms. The van der Waals surface area contributed by atoms with Gasteiger partial charge in [0.1, 0.15) is 0 Å². The van der Waals surface area contributed by atoms with Gasteiger partial charge >= 0.3 is 5.97 Å². The first-order valence-electron chi connectivity index (χ1n) is 11.7. The summed E-state index contributed by atoms with van der Waals surface area (Å²) in [6, 6.07) is 1.18. The molecule has 26 heavy (non-hydrogen) atoms. The smallest absolute Gasteiger partial charge is 0.303 e. The fourth-order valence-corrected chi connectivity index (χ4v) is 6.44. The van der Waals surface area contributed by atoms with Crippen LogP contribution in [0.15, 0.2) is 0 Å². The van der Waals surface area contributed by atoms with Gasteiger partial charge in [-0.15, -0.1) is 0 Å². The Morgan fingerprint density at radius 3 is 1.58 bits per heavy atom. The van der Waals surface area contributed by atoms with Crippen LogP contribution >= 0.6 is 0 Å². The first kappa shape index (κ1) is 25.7. The molecule has 1 atom stereocenters.